The van der Waals surface area contributed by atoms with Gasteiger partial charge in [0.2, 0.25) is 11.7 Å². The molecule has 0 N–H and O–H groups in total. The molecule has 0 aliphatic rings. The van der Waals surface area contributed by atoms with E-state index in [-0.39, 0.29) is 0 Å². The molecule has 0 saturated carbocycles. The van der Waals surface area contributed by atoms with E-state index in [9.17, 15) is 0 Å². The Kier molecular flexibility index (Phi) is 4.07. The normalized spacial score (nSPS) is 10.6. The summed E-state index contributed by atoms with van der Waals surface area (Å²) in [6, 6.07) is 9.75. The van der Waals surface area contributed by atoms with Gasteiger partial charge in [-0.15, -0.1) is 0 Å². The van der Waals surface area contributed by atoms with Crippen molar-refractivity contribution in [3.8, 4) is 17.5 Å². The van der Waals surface area contributed by atoms with Gasteiger partial charge in [0.05, 0.1) is 19.2 Å². The monoisotopic (exact) mass is 306 g/mol. The van der Waals surface area contributed by atoms with Gasteiger partial charge in [0.25, 0.3) is 0 Å². The molecular weight excluding hydrogens is 296 g/mol. The number of hydrogen-bond acceptors (Lipinski definition) is 5. The van der Waals surface area contributed by atoms with Gasteiger partial charge in [0, 0.05) is 10.0 Å². The number of halogens is 1. The van der Waals surface area contributed by atoms with Gasteiger partial charge in [0.1, 0.15) is 0 Å². The summed E-state index contributed by atoms with van der Waals surface area (Å²) in [5.41, 5.74) is 0.891. The number of benzene rings is 1. The molecule has 6 heteroatoms. The van der Waals surface area contributed by atoms with Crippen LogP contribution in [-0.4, -0.2) is 28.6 Å². The maximum atomic E-state index is 8.56. The molecule has 0 radical (unpaired) electrons. The zero-order valence-electron chi connectivity index (χ0n) is 9.80. The first-order valence-electron chi connectivity index (χ1n) is 5.33. The Labute approximate surface area is 113 Å². The Bertz CT molecular complexity index is 575. The van der Waals surface area contributed by atoms with Gasteiger partial charge in [0.15, 0.2) is 0 Å². The summed E-state index contributed by atoms with van der Waals surface area (Å²) in [4.78, 5) is 6.10. The van der Waals surface area contributed by atoms with Crippen LogP contribution in [-0.2, 0) is 6.54 Å². The zero-order chi connectivity index (χ0) is 13.0. The summed E-state index contributed by atoms with van der Waals surface area (Å²) < 4.78 is 6.11. The van der Waals surface area contributed by atoms with E-state index in [1.165, 1.54) is 0 Å². The van der Waals surface area contributed by atoms with Gasteiger partial charge >= 0.3 is 0 Å². The molecule has 0 amide bonds. The fraction of sp³-hybridized carbons (Fsp3) is 0.250. The highest BCUT2D eigenvalue weighted by atomic mass is 79.9. The molecule has 1 heterocycles. The summed E-state index contributed by atoms with van der Waals surface area (Å²) in [5, 5.41) is 12.5. The average Bonchev–Trinajstić information content (AvgIpc) is 2.78. The van der Waals surface area contributed by atoms with Gasteiger partial charge in [-0.1, -0.05) is 33.2 Å². The Hall–Kier alpha value is -1.71. The second-order valence-corrected chi connectivity index (χ2v) is 4.77. The van der Waals surface area contributed by atoms with Gasteiger partial charge < -0.3 is 4.52 Å². The minimum Gasteiger partial charge on any atom is -0.338 e. The van der Waals surface area contributed by atoms with E-state index in [0.717, 1.165) is 10.0 Å². The molecule has 2 rings (SSSR count). The molecule has 92 valence electrons. The van der Waals surface area contributed by atoms with Crippen molar-refractivity contribution in [3.05, 3.63) is 34.6 Å². The van der Waals surface area contributed by atoms with Gasteiger partial charge in [-0.3, -0.25) is 4.90 Å². The van der Waals surface area contributed by atoms with Crippen molar-refractivity contribution in [2.45, 2.75) is 6.54 Å². The number of aromatic nitrogens is 2. The lowest BCUT2D eigenvalue weighted by Gasteiger charge is -2.07. The van der Waals surface area contributed by atoms with Crippen molar-refractivity contribution in [1.82, 2.24) is 15.0 Å². The SMILES string of the molecule is CN(CC#N)Cc1nc(-c2cccc(Br)c2)no1. The van der Waals surface area contributed by atoms with Crippen LogP contribution in [0.2, 0.25) is 0 Å². The first-order chi connectivity index (χ1) is 8.69. The fourth-order valence-corrected chi connectivity index (χ4v) is 1.87. The summed E-state index contributed by atoms with van der Waals surface area (Å²) in [5.74, 6) is 1.05. The molecule has 0 aliphatic carbocycles. The van der Waals surface area contributed by atoms with E-state index in [2.05, 4.69) is 32.1 Å². The van der Waals surface area contributed by atoms with Gasteiger partial charge in [-0.2, -0.15) is 10.2 Å². The molecule has 0 aliphatic heterocycles. The number of rotatable bonds is 4. The molecule has 18 heavy (non-hydrogen) atoms. The van der Waals surface area contributed by atoms with Crippen LogP contribution in [0.15, 0.2) is 33.3 Å². The third-order valence-electron chi connectivity index (χ3n) is 2.30. The lowest BCUT2D eigenvalue weighted by Crippen LogP contribution is -2.17. The number of nitrogens with zero attached hydrogens (tertiary/aromatic N) is 4. The van der Waals surface area contributed by atoms with E-state index in [1.54, 1.807) is 4.90 Å². The van der Waals surface area contributed by atoms with Crippen LogP contribution in [0, 0.1) is 11.3 Å². The van der Waals surface area contributed by atoms with Crippen LogP contribution in [0.1, 0.15) is 5.89 Å². The second-order valence-electron chi connectivity index (χ2n) is 3.85. The highest BCUT2D eigenvalue weighted by molar-refractivity contribution is 9.10. The fourth-order valence-electron chi connectivity index (χ4n) is 1.47. The van der Waals surface area contributed by atoms with Crippen LogP contribution in [0.3, 0.4) is 0 Å². The molecule has 0 unspecified atom stereocenters. The first-order valence-corrected chi connectivity index (χ1v) is 6.12. The smallest absolute Gasteiger partial charge is 0.241 e. The van der Waals surface area contributed by atoms with E-state index in [0.29, 0.717) is 24.8 Å². The van der Waals surface area contributed by atoms with Crippen molar-refractivity contribution in [1.29, 1.82) is 5.26 Å². The quantitative estimate of drug-likeness (QED) is 0.812. The van der Waals surface area contributed by atoms with E-state index in [4.69, 9.17) is 9.78 Å². The van der Waals surface area contributed by atoms with E-state index >= 15 is 0 Å². The minimum atomic E-state index is 0.328. The molecule has 1 aromatic carbocycles. The van der Waals surface area contributed by atoms with Crippen molar-refractivity contribution < 1.29 is 4.52 Å². The summed E-state index contributed by atoms with van der Waals surface area (Å²) in [6.07, 6.45) is 0. The van der Waals surface area contributed by atoms with Crippen LogP contribution in [0.4, 0.5) is 0 Å². The molecule has 0 spiro atoms. The van der Waals surface area contributed by atoms with Crippen molar-refractivity contribution in [2.24, 2.45) is 0 Å². The minimum absolute atomic E-state index is 0.328. The molecule has 1 aromatic heterocycles. The van der Waals surface area contributed by atoms with Gasteiger partial charge in [-0.25, -0.2) is 0 Å². The molecule has 0 saturated heterocycles. The Morgan fingerprint density at radius 1 is 1.50 bits per heavy atom. The van der Waals surface area contributed by atoms with Crippen molar-refractivity contribution in [3.63, 3.8) is 0 Å². The maximum Gasteiger partial charge on any atom is 0.241 e. The third-order valence-corrected chi connectivity index (χ3v) is 2.79. The van der Waals surface area contributed by atoms with E-state index < -0.39 is 0 Å². The Balaban J connectivity index is 2.13. The summed E-state index contributed by atoms with van der Waals surface area (Å²) in [7, 11) is 1.83. The molecule has 0 atom stereocenters. The topological polar surface area (TPSA) is 66.0 Å². The zero-order valence-corrected chi connectivity index (χ0v) is 11.4. The largest absolute Gasteiger partial charge is 0.338 e. The maximum absolute atomic E-state index is 8.56. The standard InChI is InChI=1S/C12H11BrN4O/c1-17(6-5-14)8-11-15-12(16-18-11)9-3-2-4-10(13)7-9/h2-4,7H,6,8H2,1H3. The highest BCUT2D eigenvalue weighted by Crippen LogP contribution is 2.20. The van der Waals surface area contributed by atoms with Crippen molar-refractivity contribution >= 4 is 15.9 Å². The van der Waals surface area contributed by atoms with Crippen LogP contribution in [0.5, 0.6) is 0 Å². The van der Waals surface area contributed by atoms with Crippen molar-refractivity contribution in [2.75, 3.05) is 13.6 Å². The summed E-state index contributed by atoms with van der Waals surface area (Å²) >= 11 is 3.40. The first kappa shape index (κ1) is 12.7. The molecule has 2 aromatic rings. The average molecular weight is 307 g/mol. The molecule has 5 nitrogen and oxygen atoms in total. The summed E-state index contributed by atoms with van der Waals surface area (Å²) in [6.45, 7) is 0.795. The van der Waals surface area contributed by atoms with Crippen LogP contribution >= 0.6 is 15.9 Å². The molecule has 0 bridgehead atoms. The van der Waals surface area contributed by atoms with Crippen LogP contribution < -0.4 is 0 Å². The van der Waals surface area contributed by atoms with Crippen LogP contribution in [0.25, 0.3) is 11.4 Å². The number of nitriles is 1. The lowest BCUT2D eigenvalue weighted by molar-refractivity contribution is 0.287. The highest BCUT2D eigenvalue weighted by Gasteiger charge is 2.10. The lowest BCUT2D eigenvalue weighted by atomic mass is 10.2. The predicted molar refractivity (Wildman–Crippen MR) is 69.4 cm³/mol. The molecular formula is C12H11BrN4O. The predicted octanol–water partition coefficient (Wildman–Crippen LogP) is 2.45. The Morgan fingerprint density at radius 2 is 2.33 bits per heavy atom. The Morgan fingerprint density at radius 3 is 3.06 bits per heavy atom. The number of hydrogen-bond donors (Lipinski definition) is 0. The van der Waals surface area contributed by atoms with Gasteiger partial charge in [-0.05, 0) is 19.2 Å². The second kappa shape index (κ2) is 5.76. The molecule has 0 fully saturated rings. The van der Waals surface area contributed by atoms with E-state index in [1.807, 2.05) is 31.3 Å². The third kappa shape index (κ3) is 3.15.